The number of carbonyl (C=O) groups excluding carboxylic acids is 3. The summed E-state index contributed by atoms with van der Waals surface area (Å²) in [6.45, 7) is 12.1. The molecule has 1 N–H and O–H groups in total. The summed E-state index contributed by atoms with van der Waals surface area (Å²) in [5.41, 5.74) is 7.48. The Morgan fingerprint density at radius 2 is 1.05 bits per heavy atom. The van der Waals surface area contributed by atoms with Gasteiger partial charge in [0.25, 0.3) is 0 Å². The fourth-order valence-corrected chi connectivity index (χ4v) is 7.56. The molecule has 0 amide bonds. The molecule has 2 aromatic heterocycles. The van der Waals surface area contributed by atoms with E-state index in [-0.39, 0.29) is 56.4 Å². The smallest absolute Gasteiger partial charge is 0.332 e. The number of halogens is 2. The van der Waals surface area contributed by atoms with Gasteiger partial charge in [0.15, 0.2) is 0 Å². The number of benzene rings is 4. The minimum Gasteiger partial charge on any atom is -0.466 e. The van der Waals surface area contributed by atoms with Crippen LogP contribution in [0.2, 0.25) is 0 Å². The summed E-state index contributed by atoms with van der Waals surface area (Å²) in [4.78, 5) is 35.8. The molecule has 0 saturated heterocycles. The van der Waals surface area contributed by atoms with E-state index in [1.165, 1.54) is 31.4 Å². The number of ether oxygens (including phenoxy) is 4. The Bertz CT molecular complexity index is 2510. The number of aliphatic hydroxyl groups excluding tert-OH is 1. The molecular weight excluding hydrogens is 807 g/mol. The number of hydrogen-bond donors (Lipinski definition) is 1. The molecule has 0 aliphatic carbocycles. The van der Waals surface area contributed by atoms with Crippen molar-refractivity contribution >= 4 is 51.9 Å². The van der Waals surface area contributed by atoms with Gasteiger partial charge < -0.3 is 33.2 Å². The van der Waals surface area contributed by atoms with E-state index in [0.717, 1.165) is 55.4 Å². The van der Waals surface area contributed by atoms with Crippen LogP contribution >= 0.6 is 0 Å². The molecule has 2 atom stereocenters. The molecule has 10 nitrogen and oxygen atoms in total. The van der Waals surface area contributed by atoms with E-state index >= 15 is 0 Å². The van der Waals surface area contributed by atoms with E-state index in [1.54, 1.807) is 50.3 Å². The minimum absolute atomic E-state index is 0.0991. The number of para-hydroxylation sites is 2. The number of methoxy groups -OCH3 is 1. The van der Waals surface area contributed by atoms with Gasteiger partial charge in [0.05, 0.1) is 32.2 Å². The molecule has 2 heterocycles. The van der Waals surface area contributed by atoms with Crippen molar-refractivity contribution in [3.05, 3.63) is 132 Å². The lowest BCUT2D eigenvalue weighted by molar-refractivity contribution is -0.155. The first-order chi connectivity index (χ1) is 30.3. The molecule has 0 aliphatic rings. The van der Waals surface area contributed by atoms with Gasteiger partial charge in [-0.3, -0.25) is 9.59 Å². The Morgan fingerprint density at radius 3 is 1.48 bits per heavy atom. The van der Waals surface area contributed by atoms with Crippen molar-refractivity contribution in [3.8, 4) is 22.3 Å². The number of nitrogens with zero attached hydrogens (tertiary/aromatic N) is 2. The Balaban J connectivity index is 0.000000240. The van der Waals surface area contributed by atoms with Crippen LogP contribution < -0.4 is 0 Å². The maximum absolute atomic E-state index is 13.7. The lowest BCUT2D eigenvalue weighted by Gasteiger charge is -2.16. The number of aromatic nitrogens is 2. The fraction of sp³-hybridized carbons (Fsp3) is 0.314. The maximum atomic E-state index is 13.7. The predicted molar refractivity (Wildman–Crippen MR) is 244 cm³/mol. The molecule has 0 aliphatic heterocycles. The van der Waals surface area contributed by atoms with Gasteiger partial charge in [-0.25, -0.2) is 13.6 Å². The first kappa shape index (κ1) is 47.7. The van der Waals surface area contributed by atoms with Crippen molar-refractivity contribution in [1.29, 1.82) is 0 Å². The molecular formula is C51H56F2N2O8. The fourth-order valence-electron chi connectivity index (χ4n) is 7.56. The zero-order valence-electron chi connectivity index (χ0n) is 36.8. The van der Waals surface area contributed by atoms with Crippen molar-refractivity contribution in [2.75, 3.05) is 26.9 Å². The highest BCUT2D eigenvalue weighted by Gasteiger charge is 2.22. The van der Waals surface area contributed by atoms with Crippen LogP contribution in [0, 0.1) is 11.6 Å². The average molecular weight is 863 g/mol. The number of esters is 3. The quantitative estimate of drug-likeness (QED) is 0.0711. The van der Waals surface area contributed by atoms with Gasteiger partial charge in [-0.05, 0) is 107 Å². The second kappa shape index (κ2) is 22.6. The molecule has 0 radical (unpaired) electrons. The van der Waals surface area contributed by atoms with Gasteiger partial charge in [0, 0.05) is 63.5 Å². The van der Waals surface area contributed by atoms with Gasteiger partial charge in [-0.2, -0.15) is 0 Å². The molecule has 6 rings (SSSR count). The van der Waals surface area contributed by atoms with Gasteiger partial charge in [0.2, 0.25) is 0 Å². The summed E-state index contributed by atoms with van der Waals surface area (Å²) in [6.07, 6.45) is 4.98. The molecule has 4 aromatic carbocycles. The van der Waals surface area contributed by atoms with Crippen LogP contribution in [-0.2, 0) is 33.3 Å². The first-order valence-corrected chi connectivity index (χ1v) is 21.1. The van der Waals surface area contributed by atoms with Crippen LogP contribution in [0.1, 0.15) is 77.9 Å². The van der Waals surface area contributed by atoms with Crippen LogP contribution in [-0.4, -0.2) is 71.3 Å². The maximum Gasteiger partial charge on any atom is 0.332 e. The van der Waals surface area contributed by atoms with Crippen LogP contribution in [0.25, 0.3) is 56.2 Å². The monoisotopic (exact) mass is 862 g/mol. The molecule has 63 heavy (non-hydrogen) atoms. The zero-order chi connectivity index (χ0) is 45.6. The van der Waals surface area contributed by atoms with Crippen LogP contribution in [0.4, 0.5) is 8.78 Å². The minimum atomic E-state index is -0.950. The molecule has 12 heteroatoms. The van der Waals surface area contributed by atoms with Crippen molar-refractivity contribution in [2.24, 2.45) is 0 Å². The Morgan fingerprint density at radius 1 is 0.619 bits per heavy atom. The molecule has 0 saturated carbocycles. The Hall–Kier alpha value is -6.37. The van der Waals surface area contributed by atoms with E-state index in [1.807, 2.05) is 54.6 Å². The van der Waals surface area contributed by atoms with Gasteiger partial charge in [-0.15, -0.1) is 0 Å². The molecule has 2 unspecified atom stereocenters. The van der Waals surface area contributed by atoms with Gasteiger partial charge >= 0.3 is 17.9 Å². The van der Waals surface area contributed by atoms with E-state index in [4.69, 9.17) is 18.9 Å². The summed E-state index contributed by atoms with van der Waals surface area (Å²) in [6, 6.07) is 29.1. The summed E-state index contributed by atoms with van der Waals surface area (Å²) in [5, 5.41) is 12.3. The highest BCUT2D eigenvalue weighted by molar-refractivity contribution is 6.02. The van der Waals surface area contributed by atoms with E-state index in [0.29, 0.717) is 0 Å². The van der Waals surface area contributed by atoms with Crippen molar-refractivity contribution in [2.45, 2.75) is 78.7 Å². The average Bonchev–Trinajstić information content (AvgIpc) is 3.76. The number of hydrogen-bond acceptors (Lipinski definition) is 8. The summed E-state index contributed by atoms with van der Waals surface area (Å²) in [7, 11) is 1.40. The zero-order valence-corrected chi connectivity index (χ0v) is 36.8. The number of aliphatic hydroxyl groups is 1. The number of fused-ring (bicyclic) bond motifs is 2. The third kappa shape index (κ3) is 12.2. The highest BCUT2D eigenvalue weighted by atomic mass is 19.1. The van der Waals surface area contributed by atoms with Crippen molar-refractivity contribution in [3.63, 3.8) is 0 Å². The SMILES string of the molecule is CCOC(=O)CC(/C=C/c1c(-c2ccc(F)cc2)c2ccccc2n1C(C)C)OC(=O)COC.CCOC(=O)CC(O)/C=C/c1c(-c2ccc(F)cc2)c2ccccc2n1C(C)C. The summed E-state index contributed by atoms with van der Waals surface area (Å²) >= 11 is 0. The predicted octanol–water partition coefficient (Wildman–Crippen LogP) is 10.9. The van der Waals surface area contributed by atoms with Gasteiger partial charge in [0.1, 0.15) is 24.3 Å². The summed E-state index contributed by atoms with van der Waals surface area (Å²) in [5.74, 6) is -2.08. The second-order valence-corrected chi connectivity index (χ2v) is 15.3. The summed E-state index contributed by atoms with van der Waals surface area (Å²) < 4.78 is 51.7. The van der Waals surface area contributed by atoms with E-state index < -0.39 is 30.1 Å². The standard InChI is InChI=1S/C27H30FNO5.C24H26FNO3/c1-5-33-25(30)16-21(34-26(31)17-32-4)14-15-24-27(19-10-12-20(28)13-11-19)22-8-6-7-9-23(22)29(24)18(2)3;1-4-29-23(28)15-19(27)13-14-22-24(17-9-11-18(25)12-10-17)20-7-5-6-8-21(20)26(22)16(2)3/h6-15,18,21H,5,16-17H2,1-4H3;5-14,16,19,27H,4,15H2,1-3H3/b15-14+;14-13+. The molecule has 0 bridgehead atoms. The molecule has 6 aromatic rings. The second-order valence-electron chi connectivity index (χ2n) is 15.3. The first-order valence-electron chi connectivity index (χ1n) is 21.1. The third-order valence-electron chi connectivity index (χ3n) is 10.0. The van der Waals surface area contributed by atoms with Gasteiger partial charge in [-0.1, -0.05) is 66.7 Å². The lowest BCUT2D eigenvalue weighted by Crippen LogP contribution is -2.23. The normalized spacial score (nSPS) is 12.6. The van der Waals surface area contributed by atoms with Crippen LogP contribution in [0.15, 0.2) is 109 Å². The number of rotatable bonds is 17. The largest absolute Gasteiger partial charge is 0.466 e. The lowest BCUT2D eigenvalue weighted by atomic mass is 10.0. The topological polar surface area (TPSA) is 118 Å². The number of carbonyl (C=O) groups is 3. The Kier molecular flexibility index (Phi) is 17.1. The van der Waals surface area contributed by atoms with E-state index in [2.05, 4.69) is 42.9 Å². The third-order valence-corrected chi connectivity index (χ3v) is 10.0. The molecule has 332 valence electrons. The van der Waals surface area contributed by atoms with Crippen molar-refractivity contribution < 1.29 is 47.2 Å². The van der Waals surface area contributed by atoms with Crippen LogP contribution in [0.5, 0.6) is 0 Å². The van der Waals surface area contributed by atoms with Crippen LogP contribution in [0.3, 0.4) is 0 Å². The van der Waals surface area contributed by atoms with Crippen molar-refractivity contribution in [1.82, 2.24) is 9.13 Å². The highest BCUT2D eigenvalue weighted by Crippen LogP contribution is 2.39. The van der Waals surface area contributed by atoms with E-state index in [9.17, 15) is 28.3 Å². The molecule has 0 fully saturated rings. The Labute approximate surface area is 367 Å². The molecule has 0 spiro atoms.